The first kappa shape index (κ1) is 21.4. The molecule has 0 saturated carbocycles. The van der Waals surface area contributed by atoms with Crippen LogP contribution in [0.2, 0.25) is 0 Å². The number of anilines is 2. The number of pyridine rings is 1. The highest BCUT2D eigenvalue weighted by molar-refractivity contribution is 6.06. The number of hydrogen-bond donors (Lipinski definition) is 2. The first-order chi connectivity index (χ1) is 16.5. The first-order valence-electron chi connectivity index (χ1n) is 10.9. The molecule has 8 nitrogen and oxygen atoms in total. The van der Waals surface area contributed by atoms with Gasteiger partial charge < -0.3 is 15.4 Å². The number of fused-ring (bicyclic) bond motifs is 1. The number of carbonyl (C=O) groups is 1. The quantitative estimate of drug-likeness (QED) is 0.460. The van der Waals surface area contributed by atoms with E-state index in [-0.39, 0.29) is 5.91 Å². The summed E-state index contributed by atoms with van der Waals surface area (Å²) in [5.74, 6) is 1.46. The Bertz CT molecular complexity index is 1380. The van der Waals surface area contributed by atoms with Crippen molar-refractivity contribution in [3.8, 4) is 17.1 Å². The molecule has 2 aromatic heterocycles. The molecule has 0 spiro atoms. The second-order valence-electron chi connectivity index (χ2n) is 8.08. The smallest absolute Gasteiger partial charge is 0.255 e. The molecule has 1 unspecified atom stereocenters. The van der Waals surface area contributed by atoms with Crippen molar-refractivity contribution in [2.75, 3.05) is 17.7 Å². The number of amides is 1. The summed E-state index contributed by atoms with van der Waals surface area (Å²) in [6, 6.07) is 18.6. The van der Waals surface area contributed by atoms with Gasteiger partial charge in [0.05, 0.1) is 18.4 Å². The number of hydrogen-bond acceptors (Lipinski definition) is 6. The van der Waals surface area contributed by atoms with Crippen molar-refractivity contribution in [1.82, 2.24) is 19.7 Å². The summed E-state index contributed by atoms with van der Waals surface area (Å²) in [7, 11) is 1.57. The molecule has 0 saturated heterocycles. The highest BCUT2D eigenvalue weighted by Gasteiger charge is 2.34. The van der Waals surface area contributed by atoms with E-state index in [1.165, 1.54) is 0 Å². The van der Waals surface area contributed by atoms with Crippen molar-refractivity contribution in [1.29, 1.82) is 0 Å². The van der Waals surface area contributed by atoms with Gasteiger partial charge in [0.2, 0.25) is 5.95 Å². The molecule has 1 amide bonds. The van der Waals surface area contributed by atoms with Crippen LogP contribution in [0.4, 0.5) is 11.6 Å². The summed E-state index contributed by atoms with van der Waals surface area (Å²) < 4.78 is 7.15. The van der Waals surface area contributed by atoms with Crippen molar-refractivity contribution >= 4 is 17.5 Å². The third kappa shape index (κ3) is 3.90. The van der Waals surface area contributed by atoms with Crippen LogP contribution in [0, 0.1) is 6.92 Å². The maximum atomic E-state index is 13.6. The van der Waals surface area contributed by atoms with Crippen LogP contribution in [0.15, 0.2) is 84.3 Å². The lowest BCUT2D eigenvalue weighted by Gasteiger charge is -2.28. The van der Waals surface area contributed by atoms with Gasteiger partial charge in [-0.15, -0.1) is 5.10 Å². The lowest BCUT2D eigenvalue weighted by Crippen LogP contribution is -2.31. The van der Waals surface area contributed by atoms with Gasteiger partial charge in [-0.1, -0.05) is 48.0 Å². The van der Waals surface area contributed by atoms with Gasteiger partial charge in [-0.25, -0.2) is 4.68 Å². The molecule has 34 heavy (non-hydrogen) atoms. The topological polar surface area (TPSA) is 94.0 Å². The predicted molar refractivity (Wildman–Crippen MR) is 131 cm³/mol. The monoisotopic (exact) mass is 452 g/mol. The van der Waals surface area contributed by atoms with Crippen LogP contribution in [0.5, 0.6) is 5.75 Å². The van der Waals surface area contributed by atoms with Gasteiger partial charge >= 0.3 is 0 Å². The van der Waals surface area contributed by atoms with E-state index >= 15 is 0 Å². The Morgan fingerprint density at radius 2 is 1.85 bits per heavy atom. The standard InChI is InChI=1S/C26H24N6O2/c1-16-10-12-18(13-11-16)24-30-26-28-17(2)22(23(32(26)31-24)19-7-6-14-27-15-19)25(33)29-20-8-4-5-9-21(20)34-3/h4-15,23H,1-3H3,(H,29,33)(H,28,30,31). The van der Waals surface area contributed by atoms with Crippen LogP contribution >= 0.6 is 0 Å². The van der Waals surface area contributed by atoms with E-state index < -0.39 is 6.04 Å². The fraction of sp³-hybridized carbons (Fsp3) is 0.154. The molecule has 1 atom stereocenters. The van der Waals surface area contributed by atoms with Crippen LogP contribution in [-0.2, 0) is 4.79 Å². The molecule has 8 heteroatoms. The zero-order chi connectivity index (χ0) is 23.7. The number of aromatic nitrogens is 4. The minimum absolute atomic E-state index is 0.263. The van der Waals surface area contributed by atoms with Crippen molar-refractivity contribution in [3.63, 3.8) is 0 Å². The second-order valence-corrected chi connectivity index (χ2v) is 8.08. The SMILES string of the molecule is COc1ccccc1NC(=O)C1=C(C)Nc2nc(-c3ccc(C)cc3)nn2C1c1cccnc1. The summed E-state index contributed by atoms with van der Waals surface area (Å²) in [5.41, 5.74) is 4.69. The molecule has 2 aromatic carbocycles. The Kier molecular flexibility index (Phi) is 5.55. The zero-order valence-corrected chi connectivity index (χ0v) is 19.1. The van der Waals surface area contributed by atoms with E-state index in [4.69, 9.17) is 14.8 Å². The summed E-state index contributed by atoms with van der Waals surface area (Å²) in [6.45, 7) is 3.90. The number of nitrogens with one attached hydrogen (secondary N) is 2. The van der Waals surface area contributed by atoms with E-state index in [1.54, 1.807) is 36.3 Å². The highest BCUT2D eigenvalue weighted by Crippen LogP contribution is 2.37. The number of methoxy groups -OCH3 is 1. The maximum Gasteiger partial charge on any atom is 0.255 e. The lowest BCUT2D eigenvalue weighted by molar-refractivity contribution is -0.113. The highest BCUT2D eigenvalue weighted by atomic mass is 16.5. The maximum absolute atomic E-state index is 13.6. The average molecular weight is 453 g/mol. The molecule has 3 heterocycles. The second kappa shape index (κ2) is 8.82. The Morgan fingerprint density at radius 3 is 2.59 bits per heavy atom. The fourth-order valence-electron chi connectivity index (χ4n) is 4.05. The summed E-state index contributed by atoms with van der Waals surface area (Å²) in [4.78, 5) is 22.6. The van der Waals surface area contributed by atoms with Crippen LogP contribution in [-0.4, -0.2) is 32.8 Å². The third-order valence-electron chi connectivity index (χ3n) is 5.76. The third-order valence-corrected chi connectivity index (χ3v) is 5.76. The largest absolute Gasteiger partial charge is 0.495 e. The molecule has 5 rings (SSSR count). The number of para-hydroxylation sites is 2. The molecular formula is C26H24N6O2. The van der Waals surface area contributed by atoms with E-state index in [1.807, 2.05) is 62.4 Å². The Balaban J connectivity index is 1.58. The molecule has 4 aromatic rings. The van der Waals surface area contributed by atoms with Crippen LogP contribution in [0.25, 0.3) is 11.4 Å². The normalized spacial score (nSPS) is 14.9. The molecule has 170 valence electrons. The molecule has 0 fully saturated rings. The van der Waals surface area contributed by atoms with Crippen LogP contribution < -0.4 is 15.4 Å². The summed E-state index contributed by atoms with van der Waals surface area (Å²) in [6.07, 6.45) is 3.45. The summed E-state index contributed by atoms with van der Waals surface area (Å²) in [5, 5.41) is 11.0. The first-order valence-corrected chi connectivity index (χ1v) is 10.9. The lowest BCUT2D eigenvalue weighted by atomic mass is 9.96. The number of benzene rings is 2. The summed E-state index contributed by atoms with van der Waals surface area (Å²) >= 11 is 0. The van der Waals surface area contributed by atoms with Gasteiger partial charge in [0, 0.05) is 23.7 Å². The van der Waals surface area contributed by atoms with Crippen LogP contribution in [0.3, 0.4) is 0 Å². The molecule has 0 radical (unpaired) electrons. The predicted octanol–water partition coefficient (Wildman–Crippen LogP) is 4.58. The number of carbonyl (C=O) groups excluding carboxylic acids is 1. The van der Waals surface area contributed by atoms with Crippen LogP contribution in [0.1, 0.15) is 24.1 Å². The minimum Gasteiger partial charge on any atom is -0.495 e. The van der Waals surface area contributed by atoms with Crippen molar-refractivity contribution in [3.05, 3.63) is 95.5 Å². The Hall–Kier alpha value is -4.46. The van der Waals surface area contributed by atoms with Gasteiger partial charge in [0.1, 0.15) is 11.8 Å². The van der Waals surface area contributed by atoms with Gasteiger partial charge in [-0.2, -0.15) is 4.98 Å². The number of allylic oxidation sites excluding steroid dienone is 1. The number of aryl methyl sites for hydroxylation is 1. The average Bonchev–Trinajstić information content (AvgIpc) is 3.28. The molecule has 1 aliphatic rings. The van der Waals surface area contributed by atoms with Crippen molar-refractivity contribution in [2.45, 2.75) is 19.9 Å². The van der Waals surface area contributed by atoms with E-state index in [2.05, 4.69) is 15.6 Å². The zero-order valence-electron chi connectivity index (χ0n) is 19.1. The number of nitrogens with zero attached hydrogens (tertiary/aromatic N) is 4. The van der Waals surface area contributed by atoms with Gasteiger partial charge in [0.25, 0.3) is 5.91 Å². The van der Waals surface area contributed by atoms with Crippen molar-refractivity contribution in [2.24, 2.45) is 0 Å². The number of rotatable bonds is 5. The molecule has 2 N–H and O–H groups in total. The minimum atomic E-state index is -0.508. The van der Waals surface area contributed by atoms with Gasteiger partial charge in [-0.05, 0) is 37.6 Å². The molecular weight excluding hydrogens is 428 g/mol. The Labute approximate surface area is 197 Å². The van der Waals surface area contributed by atoms with E-state index in [9.17, 15) is 4.79 Å². The molecule has 0 bridgehead atoms. The Morgan fingerprint density at radius 1 is 1.06 bits per heavy atom. The molecule has 1 aliphatic heterocycles. The van der Waals surface area contributed by atoms with Gasteiger partial charge in [-0.3, -0.25) is 9.78 Å². The van der Waals surface area contributed by atoms with E-state index in [0.29, 0.717) is 34.5 Å². The number of ether oxygens (including phenoxy) is 1. The molecule has 0 aliphatic carbocycles. The van der Waals surface area contributed by atoms with Crippen molar-refractivity contribution < 1.29 is 9.53 Å². The fourth-order valence-corrected chi connectivity index (χ4v) is 4.05. The van der Waals surface area contributed by atoms with Gasteiger partial charge in [0.15, 0.2) is 5.82 Å². The van der Waals surface area contributed by atoms with E-state index in [0.717, 1.165) is 16.7 Å².